The Morgan fingerprint density at radius 1 is 1.23 bits per heavy atom. The number of halogens is 4. The standard InChI is InChI=1S/C20H23F4N5O2/c21-14-3-1-13(2-4-14)15-11-17(20(22,23)24)29-18(26-15)12-16(27-29)19(30)25-5-6-28-7-9-31-10-8-28/h1-4,12,15,17,26H,5-11H2,(H,25,30)/t15-,17-/m1/s1. The average molecular weight is 441 g/mol. The third kappa shape index (κ3) is 4.99. The van der Waals surface area contributed by atoms with E-state index in [-0.39, 0.29) is 17.9 Å². The van der Waals surface area contributed by atoms with Crippen molar-refractivity contribution in [3.05, 3.63) is 47.4 Å². The number of nitrogens with one attached hydrogen (secondary N) is 2. The van der Waals surface area contributed by atoms with Crippen molar-refractivity contribution in [1.29, 1.82) is 0 Å². The van der Waals surface area contributed by atoms with Gasteiger partial charge in [0.25, 0.3) is 5.91 Å². The summed E-state index contributed by atoms with van der Waals surface area (Å²) in [6.45, 7) is 3.81. The smallest absolute Gasteiger partial charge is 0.379 e. The van der Waals surface area contributed by atoms with Crippen LogP contribution in [0.25, 0.3) is 0 Å². The van der Waals surface area contributed by atoms with Crippen molar-refractivity contribution in [2.75, 3.05) is 44.7 Å². The molecule has 0 bridgehead atoms. The third-order valence-corrected chi connectivity index (χ3v) is 5.51. The molecule has 7 nitrogen and oxygen atoms in total. The molecule has 0 saturated carbocycles. The van der Waals surface area contributed by atoms with E-state index in [0.717, 1.165) is 17.8 Å². The molecule has 11 heteroatoms. The summed E-state index contributed by atoms with van der Waals surface area (Å²) in [6, 6.07) is 4.05. The number of carbonyl (C=O) groups excluding carboxylic acids is 1. The summed E-state index contributed by atoms with van der Waals surface area (Å²) in [5.41, 5.74) is 0.443. The first kappa shape index (κ1) is 21.6. The molecule has 1 saturated heterocycles. The highest BCUT2D eigenvalue weighted by atomic mass is 19.4. The van der Waals surface area contributed by atoms with E-state index in [0.29, 0.717) is 31.9 Å². The molecule has 2 aliphatic heterocycles. The number of alkyl halides is 3. The van der Waals surface area contributed by atoms with Gasteiger partial charge < -0.3 is 15.4 Å². The van der Waals surface area contributed by atoms with Gasteiger partial charge in [-0.05, 0) is 17.7 Å². The van der Waals surface area contributed by atoms with Gasteiger partial charge in [-0.3, -0.25) is 9.69 Å². The Bertz CT molecular complexity index is 909. The van der Waals surface area contributed by atoms with Crippen LogP contribution in [0.1, 0.15) is 34.6 Å². The summed E-state index contributed by atoms with van der Waals surface area (Å²) in [6.07, 6.45) is -4.87. The molecule has 1 fully saturated rings. The maximum absolute atomic E-state index is 13.7. The number of hydrogen-bond acceptors (Lipinski definition) is 5. The van der Waals surface area contributed by atoms with Gasteiger partial charge in [0.15, 0.2) is 11.7 Å². The summed E-state index contributed by atoms with van der Waals surface area (Å²) in [5, 5.41) is 9.64. The molecule has 168 valence electrons. The fraction of sp³-hybridized carbons (Fsp3) is 0.500. The van der Waals surface area contributed by atoms with Crippen molar-refractivity contribution in [3.8, 4) is 0 Å². The Morgan fingerprint density at radius 3 is 2.61 bits per heavy atom. The first-order valence-electron chi connectivity index (χ1n) is 10.1. The van der Waals surface area contributed by atoms with Crippen molar-refractivity contribution < 1.29 is 27.1 Å². The van der Waals surface area contributed by atoms with Crippen molar-refractivity contribution in [2.45, 2.75) is 24.7 Å². The molecule has 0 radical (unpaired) electrons. The summed E-state index contributed by atoms with van der Waals surface area (Å²) in [4.78, 5) is 14.6. The highest BCUT2D eigenvalue weighted by Crippen LogP contribution is 2.43. The second kappa shape index (κ2) is 8.83. The molecule has 0 unspecified atom stereocenters. The number of hydrogen-bond donors (Lipinski definition) is 2. The van der Waals surface area contributed by atoms with Gasteiger partial charge in [0.05, 0.1) is 19.3 Å². The highest BCUT2D eigenvalue weighted by Gasteiger charge is 2.46. The molecule has 3 heterocycles. The number of morpholine rings is 1. The fourth-order valence-electron chi connectivity index (χ4n) is 3.84. The highest BCUT2D eigenvalue weighted by molar-refractivity contribution is 5.93. The van der Waals surface area contributed by atoms with E-state index in [9.17, 15) is 22.4 Å². The molecule has 2 aliphatic rings. The average Bonchev–Trinajstić information content (AvgIpc) is 3.18. The number of rotatable bonds is 5. The minimum Gasteiger partial charge on any atom is -0.379 e. The van der Waals surface area contributed by atoms with Crippen molar-refractivity contribution in [2.24, 2.45) is 0 Å². The molecule has 2 N–H and O–H groups in total. The van der Waals surface area contributed by atoms with Crippen LogP contribution in [0.4, 0.5) is 23.4 Å². The summed E-state index contributed by atoms with van der Waals surface area (Å²) in [5.74, 6) is -0.898. The topological polar surface area (TPSA) is 71.4 Å². The lowest BCUT2D eigenvalue weighted by Crippen LogP contribution is -2.41. The van der Waals surface area contributed by atoms with Gasteiger partial charge in [0.2, 0.25) is 0 Å². The first-order valence-corrected chi connectivity index (χ1v) is 10.1. The number of anilines is 1. The molecule has 1 aromatic carbocycles. The molecular weight excluding hydrogens is 418 g/mol. The second-order valence-corrected chi connectivity index (χ2v) is 7.61. The van der Waals surface area contributed by atoms with E-state index < -0.39 is 30.0 Å². The third-order valence-electron chi connectivity index (χ3n) is 5.51. The van der Waals surface area contributed by atoms with E-state index in [2.05, 4.69) is 20.6 Å². The minimum absolute atomic E-state index is 0.0847. The predicted molar refractivity (Wildman–Crippen MR) is 104 cm³/mol. The van der Waals surface area contributed by atoms with E-state index in [1.54, 1.807) is 0 Å². The maximum Gasteiger partial charge on any atom is 0.410 e. The van der Waals surface area contributed by atoms with Crippen LogP contribution in [0, 0.1) is 5.82 Å². The van der Waals surface area contributed by atoms with Crippen molar-refractivity contribution in [1.82, 2.24) is 20.0 Å². The van der Waals surface area contributed by atoms with Gasteiger partial charge in [0, 0.05) is 38.7 Å². The molecule has 1 aromatic heterocycles. The van der Waals surface area contributed by atoms with Crippen LogP contribution in [0.2, 0.25) is 0 Å². The maximum atomic E-state index is 13.7. The number of carbonyl (C=O) groups is 1. The Balaban J connectivity index is 1.48. The lowest BCUT2D eigenvalue weighted by molar-refractivity contribution is -0.173. The number of benzene rings is 1. The monoisotopic (exact) mass is 441 g/mol. The first-order chi connectivity index (χ1) is 14.8. The number of nitrogens with zero attached hydrogens (tertiary/aromatic N) is 3. The number of ether oxygens (including phenoxy) is 1. The summed E-state index contributed by atoms with van der Waals surface area (Å²) >= 11 is 0. The van der Waals surface area contributed by atoms with Crippen LogP contribution < -0.4 is 10.6 Å². The lowest BCUT2D eigenvalue weighted by atomic mass is 9.97. The normalized spacial score (nSPS) is 21.9. The SMILES string of the molecule is O=C(NCCN1CCOCC1)c1cc2n(n1)[C@@H](C(F)(F)F)C[C@H](c1ccc(F)cc1)N2. The van der Waals surface area contributed by atoms with Crippen molar-refractivity contribution in [3.63, 3.8) is 0 Å². The van der Waals surface area contributed by atoms with Gasteiger partial charge in [-0.25, -0.2) is 9.07 Å². The van der Waals surface area contributed by atoms with Gasteiger partial charge in [-0.1, -0.05) is 12.1 Å². The predicted octanol–water partition coefficient (Wildman–Crippen LogP) is 2.74. The second-order valence-electron chi connectivity index (χ2n) is 7.61. The molecule has 0 spiro atoms. The minimum atomic E-state index is -4.55. The van der Waals surface area contributed by atoms with Gasteiger partial charge in [0.1, 0.15) is 11.6 Å². The molecule has 0 aliphatic carbocycles. The van der Waals surface area contributed by atoms with Gasteiger partial charge in [-0.2, -0.15) is 18.3 Å². The number of amides is 1. The zero-order chi connectivity index (χ0) is 22.0. The Kier molecular flexibility index (Phi) is 6.15. The van der Waals surface area contributed by atoms with Gasteiger partial charge in [-0.15, -0.1) is 0 Å². The van der Waals surface area contributed by atoms with Crippen LogP contribution in [0.15, 0.2) is 30.3 Å². The molecule has 1 amide bonds. The molecule has 4 rings (SSSR count). The summed E-state index contributed by atoms with van der Waals surface area (Å²) < 4.78 is 60.5. The Morgan fingerprint density at radius 2 is 1.94 bits per heavy atom. The van der Waals surface area contributed by atoms with Gasteiger partial charge >= 0.3 is 6.18 Å². The quantitative estimate of drug-likeness (QED) is 0.699. The molecular formula is C20H23F4N5O2. The Hall–Kier alpha value is -2.66. The largest absolute Gasteiger partial charge is 0.410 e. The number of aromatic nitrogens is 2. The van der Waals surface area contributed by atoms with Crippen LogP contribution in [-0.2, 0) is 4.74 Å². The summed E-state index contributed by atoms with van der Waals surface area (Å²) in [7, 11) is 0. The van der Waals surface area contributed by atoms with Crippen LogP contribution >= 0.6 is 0 Å². The van der Waals surface area contributed by atoms with E-state index >= 15 is 0 Å². The number of fused-ring (bicyclic) bond motifs is 1. The fourth-order valence-corrected chi connectivity index (χ4v) is 3.84. The zero-order valence-corrected chi connectivity index (χ0v) is 16.7. The van der Waals surface area contributed by atoms with Crippen LogP contribution in [0.3, 0.4) is 0 Å². The lowest BCUT2D eigenvalue weighted by Gasteiger charge is -2.33. The zero-order valence-electron chi connectivity index (χ0n) is 16.7. The molecule has 2 aromatic rings. The Labute approximate surface area is 176 Å². The molecule has 2 atom stereocenters. The van der Waals surface area contributed by atoms with E-state index in [1.165, 1.54) is 30.3 Å². The van der Waals surface area contributed by atoms with E-state index in [1.807, 2.05) is 0 Å². The van der Waals surface area contributed by atoms with Crippen LogP contribution in [0.5, 0.6) is 0 Å². The van der Waals surface area contributed by atoms with E-state index in [4.69, 9.17) is 4.74 Å². The van der Waals surface area contributed by atoms with Crippen LogP contribution in [-0.4, -0.2) is 66.2 Å². The van der Waals surface area contributed by atoms with Crippen molar-refractivity contribution >= 4 is 11.7 Å². The molecule has 31 heavy (non-hydrogen) atoms.